The summed E-state index contributed by atoms with van der Waals surface area (Å²) in [7, 11) is 0. The molecule has 1 heterocycles. The lowest BCUT2D eigenvalue weighted by molar-refractivity contribution is -0.0104. The quantitative estimate of drug-likeness (QED) is 0.815. The molecule has 1 fully saturated rings. The molecule has 1 aliphatic rings. The third kappa shape index (κ3) is 2.60. The molecule has 0 saturated carbocycles. The maximum absolute atomic E-state index is 9.35. The molecule has 0 aliphatic carbocycles. The molecule has 1 aliphatic heterocycles. The van der Waals surface area contributed by atoms with Crippen molar-refractivity contribution in [2.75, 3.05) is 24.7 Å². The second kappa shape index (κ2) is 5.49. The predicted molar refractivity (Wildman–Crippen MR) is 66.0 cm³/mol. The minimum Gasteiger partial charge on any atom is -0.394 e. The van der Waals surface area contributed by atoms with Gasteiger partial charge in [0, 0.05) is 23.8 Å². The zero-order chi connectivity index (χ0) is 12.3. The van der Waals surface area contributed by atoms with Crippen molar-refractivity contribution < 1.29 is 14.9 Å². The third-order valence-electron chi connectivity index (χ3n) is 3.18. The van der Waals surface area contributed by atoms with Crippen LogP contribution in [0.25, 0.3) is 0 Å². The van der Waals surface area contributed by atoms with Gasteiger partial charge in [0.15, 0.2) is 0 Å². The molecular weight excluding hydrogens is 218 g/mol. The largest absolute Gasteiger partial charge is 0.394 e. The van der Waals surface area contributed by atoms with Crippen LogP contribution in [0.5, 0.6) is 0 Å². The Morgan fingerprint density at radius 3 is 2.82 bits per heavy atom. The molecule has 0 amide bonds. The number of nitrogens with zero attached hydrogens (tertiary/aromatic N) is 1. The number of ether oxygens (including phenoxy) is 1. The van der Waals surface area contributed by atoms with E-state index in [-0.39, 0.29) is 25.4 Å². The summed E-state index contributed by atoms with van der Waals surface area (Å²) in [5.74, 6) is 0. The topological polar surface area (TPSA) is 52.9 Å². The van der Waals surface area contributed by atoms with Crippen LogP contribution in [0, 0.1) is 0 Å². The summed E-state index contributed by atoms with van der Waals surface area (Å²) in [5.41, 5.74) is 1.95. The van der Waals surface area contributed by atoms with E-state index in [2.05, 4.69) is 11.8 Å². The minimum atomic E-state index is -0.141. The summed E-state index contributed by atoms with van der Waals surface area (Å²) in [5, 5.41) is 18.5. The number of anilines is 1. The van der Waals surface area contributed by atoms with Crippen molar-refractivity contribution in [3.05, 3.63) is 29.8 Å². The number of benzene rings is 1. The number of aliphatic hydroxyl groups is 2. The van der Waals surface area contributed by atoms with E-state index >= 15 is 0 Å². The van der Waals surface area contributed by atoms with E-state index in [1.54, 1.807) is 0 Å². The molecule has 2 atom stereocenters. The van der Waals surface area contributed by atoms with E-state index in [1.807, 2.05) is 24.3 Å². The van der Waals surface area contributed by atoms with Crippen LogP contribution in [-0.4, -0.2) is 42.1 Å². The summed E-state index contributed by atoms with van der Waals surface area (Å²) in [6.45, 7) is 3.41. The summed E-state index contributed by atoms with van der Waals surface area (Å²) in [4.78, 5) is 2.19. The fourth-order valence-electron chi connectivity index (χ4n) is 2.19. The van der Waals surface area contributed by atoms with Gasteiger partial charge < -0.3 is 19.8 Å². The van der Waals surface area contributed by atoms with E-state index in [0.717, 1.165) is 11.3 Å². The first-order chi connectivity index (χ1) is 8.26. The number of aliphatic hydroxyl groups excluding tert-OH is 2. The van der Waals surface area contributed by atoms with Crippen LogP contribution in [0.4, 0.5) is 5.69 Å². The Labute approximate surface area is 101 Å². The highest BCUT2D eigenvalue weighted by Gasteiger charge is 2.26. The highest BCUT2D eigenvalue weighted by Crippen LogP contribution is 2.25. The molecule has 0 radical (unpaired) electrons. The molecule has 0 aromatic heterocycles. The van der Waals surface area contributed by atoms with E-state index in [4.69, 9.17) is 9.84 Å². The molecule has 0 bridgehead atoms. The minimum absolute atomic E-state index is 0.0318. The van der Waals surface area contributed by atoms with Crippen molar-refractivity contribution in [1.82, 2.24) is 0 Å². The highest BCUT2D eigenvalue weighted by molar-refractivity contribution is 5.54. The van der Waals surface area contributed by atoms with Gasteiger partial charge in [0.1, 0.15) is 0 Å². The van der Waals surface area contributed by atoms with Gasteiger partial charge in [-0.2, -0.15) is 0 Å². The SMILES string of the molecule is CC1COC(CO)CN1c1ccccc1CO. The fraction of sp³-hybridized carbons (Fsp3) is 0.538. The molecule has 2 N–H and O–H groups in total. The zero-order valence-corrected chi connectivity index (χ0v) is 10.0. The molecular formula is C13H19NO3. The number of hydrogen-bond donors (Lipinski definition) is 2. The van der Waals surface area contributed by atoms with E-state index in [0.29, 0.717) is 13.2 Å². The molecule has 4 heteroatoms. The molecule has 4 nitrogen and oxygen atoms in total. The number of para-hydroxylation sites is 1. The monoisotopic (exact) mass is 237 g/mol. The van der Waals surface area contributed by atoms with E-state index in [9.17, 15) is 5.11 Å². The maximum Gasteiger partial charge on any atom is 0.0981 e. The number of rotatable bonds is 3. The predicted octanol–water partition coefficient (Wildman–Crippen LogP) is 0.765. The molecule has 1 saturated heterocycles. The average molecular weight is 237 g/mol. The summed E-state index contributed by atoms with van der Waals surface area (Å²) < 4.78 is 5.51. The van der Waals surface area contributed by atoms with Crippen LogP contribution in [-0.2, 0) is 11.3 Å². The molecule has 2 unspecified atom stereocenters. The zero-order valence-electron chi connectivity index (χ0n) is 10.0. The number of morpholine rings is 1. The van der Waals surface area contributed by atoms with Gasteiger partial charge in [0.25, 0.3) is 0 Å². The van der Waals surface area contributed by atoms with Crippen molar-refractivity contribution >= 4 is 5.69 Å². The van der Waals surface area contributed by atoms with Gasteiger partial charge in [-0.3, -0.25) is 0 Å². The maximum atomic E-state index is 9.35. The summed E-state index contributed by atoms with van der Waals surface area (Å²) >= 11 is 0. The lowest BCUT2D eigenvalue weighted by atomic mass is 10.1. The van der Waals surface area contributed by atoms with Crippen LogP contribution in [0.3, 0.4) is 0 Å². The Bertz CT molecular complexity index is 369. The Morgan fingerprint density at radius 1 is 1.35 bits per heavy atom. The van der Waals surface area contributed by atoms with Crippen molar-refractivity contribution in [3.8, 4) is 0 Å². The lowest BCUT2D eigenvalue weighted by Crippen LogP contribution is -2.49. The Hall–Kier alpha value is -1.10. The molecule has 0 spiro atoms. The Morgan fingerprint density at radius 2 is 2.12 bits per heavy atom. The summed E-state index contributed by atoms with van der Waals surface area (Å²) in [6, 6.07) is 8.06. The van der Waals surface area contributed by atoms with Gasteiger partial charge in [-0.1, -0.05) is 18.2 Å². The second-order valence-electron chi connectivity index (χ2n) is 4.43. The van der Waals surface area contributed by atoms with Crippen molar-refractivity contribution in [2.24, 2.45) is 0 Å². The summed E-state index contributed by atoms with van der Waals surface area (Å²) in [6.07, 6.45) is -0.141. The average Bonchev–Trinajstić information content (AvgIpc) is 2.39. The van der Waals surface area contributed by atoms with Crippen molar-refractivity contribution in [1.29, 1.82) is 0 Å². The first-order valence-electron chi connectivity index (χ1n) is 5.94. The van der Waals surface area contributed by atoms with Crippen LogP contribution < -0.4 is 4.90 Å². The van der Waals surface area contributed by atoms with E-state index < -0.39 is 0 Å². The first kappa shape index (κ1) is 12.4. The normalized spacial score (nSPS) is 25.0. The Kier molecular flexibility index (Phi) is 3.99. The van der Waals surface area contributed by atoms with Crippen molar-refractivity contribution in [2.45, 2.75) is 25.7 Å². The van der Waals surface area contributed by atoms with Crippen LogP contribution in [0.15, 0.2) is 24.3 Å². The second-order valence-corrected chi connectivity index (χ2v) is 4.43. The molecule has 94 valence electrons. The molecule has 17 heavy (non-hydrogen) atoms. The molecule has 1 aromatic carbocycles. The van der Waals surface area contributed by atoms with Gasteiger partial charge in [0.2, 0.25) is 0 Å². The standard InChI is InChI=1S/C13H19NO3/c1-10-9-17-12(8-16)6-14(10)13-5-3-2-4-11(13)7-15/h2-5,10,12,15-16H,6-9H2,1H3. The molecule has 1 aromatic rings. The highest BCUT2D eigenvalue weighted by atomic mass is 16.5. The lowest BCUT2D eigenvalue weighted by Gasteiger charge is -2.39. The Balaban J connectivity index is 2.24. The van der Waals surface area contributed by atoms with Crippen LogP contribution in [0.1, 0.15) is 12.5 Å². The first-order valence-corrected chi connectivity index (χ1v) is 5.94. The van der Waals surface area contributed by atoms with Crippen LogP contribution in [0.2, 0.25) is 0 Å². The van der Waals surface area contributed by atoms with Gasteiger partial charge in [-0.25, -0.2) is 0 Å². The van der Waals surface area contributed by atoms with Crippen molar-refractivity contribution in [3.63, 3.8) is 0 Å². The van der Waals surface area contributed by atoms with Gasteiger partial charge >= 0.3 is 0 Å². The number of hydrogen-bond acceptors (Lipinski definition) is 4. The molecule has 2 rings (SSSR count). The smallest absolute Gasteiger partial charge is 0.0981 e. The van der Waals surface area contributed by atoms with Crippen LogP contribution >= 0.6 is 0 Å². The third-order valence-corrected chi connectivity index (χ3v) is 3.18. The van der Waals surface area contributed by atoms with Gasteiger partial charge in [-0.15, -0.1) is 0 Å². The van der Waals surface area contributed by atoms with Gasteiger partial charge in [0.05, 0.1) is 25.9 Å². The fourth-order valence-corrected chi connectivity index (χ4v) is 2.19. The van der Waals surface area contributed by atoms with Gasteiger partial charge in [-0.05, 0) is 13.0 Å². The van der Waals surface area contributed by atoms with E-state index in [1.165, 1.54) is 0 Å².